The van der Waals surface area contributed by atoms with Gasteiger partial charge in [0.2, 0.25) is 0 Å². The minimum absolute atomic E-state index is 0.221. The van der Waals surface area contributed by atoms with Crippen molar-refractivity contribution in [3.63, 3.8) is 0 Å². The number of nitrogens with two attached hydrogens (primary N) is 1. The molecule has 0 unspecified atom stereocenters. The summed E-state index contributed by atoms with van der Waals surface area (Å²) < 4.78 is 0. The smallest absolute Gasteiger partial charge is 0.264 e. The molecule has 0 saturated heterocycles. The molecule has 0 atom stereocenters. The van der Waals surface area contributed by atoms with Gasteiger partial charge in [-0.1, -0.05) is 17.7 Å². The van der Waals surface area contributed by atoms with Gasteiger partial charge >= 0.3 is 0 Å². The number of aromatic amines is 1. The number of aromatic nitrogens is 2. The fourth-order valence-electron chi connectivity index (χ4n) is 2.37. The molecule has 0 saturated carbocycles. The van der Waals surface area contributed by atoms with Crippen molar-refractivity contribution < 1.29 is 0 Å². The second-order valence-corrected chi connectivity index (χ2v) is 4.58. The molecule has 0 fully saturated rings. The molecule has 0 spiro atoms. The lowest BCUT2D eigenvalue weighted by Gasteiger charge is -2.13. The van der Waals surface area contributed by atoms with Gasteiger partial charge in [-0.15, -0.1) is 0 Å². The van der Waals surface area contributed by atoms with Crippen molar-refractivity contribution >= 4 is 0 Å². The molecule has 0 aliphatic carbocycles. The maximum Gasteiger partial charge on any atom is 0.264 e. The van der Waals surface area contributed by atoms with Crippen LogP contribution in [0.15, 0.2) is 23.0 Å². The highest BCUT2D eigenvalue weighted by Crippen LogP contribution is 2.28. The van der Waals surface area contributed by atoms with Crippen LogP contribution < -0.4 is 11.3 Å². The molecule has 0 radical (unpaired) electrons. The molecule has 1 heterocycles. The Kier molecular flexibility index (Phi) is 3.30. The summed E-state index contributed by atoms with van der Waals surface area (Å²) >= 11 is 0. The van der Waals surface area contributed by atoms with Gasteiger partial charge in [-0.25, -0.2) is 5.10 Å². The van der Waals surface area contributed by atoms with E-state index in [-0.39, 0.29) is 5.56 Å². The van der Waals surface area contributed by atoms with E-state index in [4.69, 9.17) is 5.73 Å². The van der Waals surface area contributed by atoms with Crippen LogP contribution in [0.4, 0.5) is 0 Å². The Labute approximate surface area is 106 Å². The minimum atomic E-state index is -0.221. The minimum Gasteiger partial charge on any atom is -0.326 e. The maximum absolute atomic E-state index is 11.3. The molecule has 18 heavy (non-hydrogen) atoms. The van der Waals surface area contributed by atoms with Crippen molar-refractivity contribution in [3.05, 3.63) is 50.8 Å². The van der Waals surface area contributed by atoms with Crippen molar-refractivity contribution in [2.45, 2.75) is 27.3 Å². The maximum atomic E-state index is 11.3. The van der Waals surface area contributed by atoms with Gasteiger partial charge in [-0.05, 0) is 37.5 Å². The van der Waals surface area contributed by atoms with Crippen molar-refractivity contribution in [3.8, 4) is 11.3 Å². The van der Waals surface area contributed by atoms with Crippen LogP contribution in [0.1, 0.15) is 22.3 Å². The topological polar surface area (TPSA) is 71.8 Å². The number of nitrogens with zero attached hydrogens (tertiary/aromatic N) is 1. The summed E-state index contributed by atoms with van der Waals surface area (Å²) in [5.74, 6) is 0. The quantitative estimate of drug-likeness (QED) is 0.845. The first kappa shape index (κ1) is 12.5. The van der Waals surface area contributed by atoms with Crippen LogP contribution in [-0.4, -0.2) is 10.2 Å². The molecule has 2 rings (SSSR count). The Bertz CT molecular complexity index is 621. The molecule has 4 nitrogen and oxygen atoms in total. The van der Waals surface area contributed by atoms with E-state index in [1.165, 1.54) is 11.6 Å². The summed E-state index contributed by atoms with van der Waals surface area (Å²) in [6.07, 6.45) is 0. The van der Waals surface area contributed by atoms with Gasteiger partial charge in [0.25, 0.3) is 5.56 Å². The van der Waals surface area contributed by atoms with Crippen LogP contribution in [0.3, 0.4) is 0 Å². The number of rotatable bonds is 2. The first-order chi connectivity index (χ1) is 8.52. The van der Waals surface area contributed by atoms with Crippen LogP contribution in [-0.2, 0) is 6.54 Å². The first-order valence-corrected chi connectivity index (χ1v) is 5.90. The summed E-state index contributed by atoms with van der Waals surface area (Å²) in [5.41, 5.74) is 11.6. The van der Waals surface area contributed by atoms with Crippen molar-refractivity contribution in [1.82, 2.24) is 10.2 Å². The molecule has 1 aromatic carbocycles. The van der Waals surface area contributed by atoms with Crippen LogP contribution in [0, 0.1) is 20.8 Å². The van der Waals surface area contributed by atoms with Gasteiger partial charge in [0, 0.05) is 18.2 Å². The molecular formula is C14H17N3O. The molecule has 0 amide bonds. The predicted molar refractivity (Wildman–Crippen MR) is 72.4 cm³/mol. The van der Waals surface area contributed by atoms with Crippen LogP contribution in [0.2, 0.25) is 0 Å². The normalized spacial score (nSPS) is 10.7. The second-order valence-electron chi connectivity index (χ2n) is 4.58. The summed E-state index contributed by atoms with van der Waals surface area (Å²) in [6, 6.07) is 5.73. The number of H-pyrrole nitrogens is 1. The average Bonchev–Trinajstić information content (AvgIpc) is 2.29. The molecule has 94 valence electrons. The highest BCUT2D eigenvalue weighted by Gasteiger charge is 2.12. The molecule has 2 aromatic rings. The second kappa shape index (κ2) is 4.74. The molecule has 0 aliphatic heterocycles. The SMILES string of the molecule is Cc1cc(C)c(-c2n[nH]c(=O)cc2CN)c(C)c1. The predicted octanol–water partition coefficient (Wildman–Crippen LogP) is 1.82. The standard InChI is InChI=1S/C14H17N3O/c1-8-4-9(2)13(10(3)5-8)14-11(7-15)6-12(18)16-17-14/h4-6H,7,15H2,1-3H3,(H,16,18). The van der Waals surface area contributed by atoms with E-state index in [1.54, 1.807) is 0 Å². The number of hydrogen-bond donors (Lipinski definition) is 2. The zero-order valence-electron chi connectivity index (χ0n) is 10.9. The number of benzene rings is 1. The third-order valence-electron chi connectivity index (χ3n) is 3.02. The molecular weight excluding hydrogens is 226 g/mol. The van der Waals surface area contributed by atoms with Gasteiger partial charge in [0.1, 0.15) is 0 Å². The van der Waals surface area contributed by atoms with Gasteiger partial charge in [-0.2, -0.15) is 5.10 Å². The Morgan fingerprint density at radius 2 is 1.78 bits per heavy atom. The number of hydrogen-bond acceptors (Lipinski definition) is 3. The van der Waals surface area contributed by atoms with E-state index >= 15 is 0 Å². The monoisotopic (exact) mass is 243 g/mol. The zero-order chi connectivity index (χ0) is 13.3. The van der Waals surface area contributed by atoms with E-state index in [0.29, 0.717) is 6.54 Å². The summed E-state index contributed by atoms with van der Waals surface area (Å²) in [6.45, 7) is 6.46. The van der Waals surface area contributed by atoms with E-state index in [0.717, 1.165) is 27.9 Å². The Morgan fingerprint density at radius 3 is 2.33 bits per heavy atom. The summed E-state index contributed by atoms with van der Waals surface area (Å²) in [7, 11) is 0. The van der Waals surface area contributed by atoms with Crippen molar-refractivity contribution in [2.75, 3.05) is 0 Å². The van der Waals surface area contributed by atoms with Crippen molar-refractivity contribution in [1.29, 1.82) is 0 Å². The summed E-state index contributed by atoms with van der Waals surface area (Å²) in [4.78, 5) is 11.3. The van der Waals surface area contributed by atoms with Gasteiger partial charge < -0.3 is 5.73 Å². The third kappa shape index (κ3) is 2.19. The zero-order valence-corrected chi connectivity index (χ0v) is 10.9. The molecule has 0 bridgehead atoms. The Morgan fingerprint density at radius 1 is 1.17 bits per heavy atom. The van der Waals surface area contributed by atoms with Crippen LogP contribution in [0.25, 0.3) is 11.3 Å². The molecule has 4 heteroatoms. The summed E-state index contributed by atoms with van der Waals surface area (Å²) in [5, 5.41) is 6.63. The van der Waals surface area contributed by atoms with Crippen LogP contribution >= 0.6 is 0 Å². The van der Waals surface area contributed by atoms with Gasteiger partial charge in [0.05, 0.1) is 5.69 Å². The molecule has 3 N–H and O–H groups in total. The van der Waals surface area contributed by atoms with Crippen LogP contribution in [0.5, 0.6) is 0 Å². The van der Waals surface area contributed by atoms with Crippen molar-refractivity contribution in [2.24, 2.45) is 5.73 Å². The highest BCUT2D eigenvalue weighted by atomic mass is 16.1. The van der Waals surface area contributed by atoms with E-state index in [9.17, 15) is 4.79 Å². The highest BCUT2D eigenvalue weighted by molar-refractivity contribution is 5.70. The van der Waals surface area contributed by atoms with E-state index < -0.39 is 0 Å². The van der Waals surface area contributed by atoms with Gasteiger partial charge in [-0.3, -0.25) is 4.79 Å². The number of nitrogens with one attached hydrogen (secondary N) is 1. The molecule has 1 aromatic heterocycles. The number of aryl methyl sites for hydroxylation is 3. The first-order valence-electron chi connectivity index (χ1n) is 5.90. The van der Waals surface area contributed by atoms with E-state index in [2.05, 4.69) is 29.3 Å². The Balaban J connectivity index is 2.73. The Hall–Kier alpha value is -1.94. The van der Waals surface area contributed by atoms with E-state index in [1.807, 2.05) is 13.8 Å². The molecule has 0 aliphatic rings. The van der Waals surface area contributed by atoms with Gasteiger partial charge in [0.15, 0.2) is 0 Å². The lowest BCUT2D eigenvalue weighted by molar-refractivity contribution is 0.941. The third-order valence-corrected chi connectivity index (χ3v) is 3.02. The fraction of sp³-hybridized carbons (Fsp3) is 0.286. The average molecular weight is 243 g/mol. The largest absolute Gasteiger partial charge is 0.326 e. The lowest BCUT2D eigenvalue weighted by Crippen LogP contribution is -2.13. The fourth-order valence-corrected chi connectivity index (χ4v) is 2.37. The lowest BCUT2D eigenvalue weighted by atomic mass is 9.95.